The van der Waals surface area contributed by atoms with E-state index >= 15 is 0 Å². The van der Waals surface area contributed by atoms with E-state index in [0.29, 0.717) is 11.3 Å². The Bertz CT molecular complexity index is 818. The van der Waals surface area contributed by atoms with Gasteiger partial charge in [-0.25, -0.2) is 4.98 Å². The summed E-state index contributed by atoms with van der Waals surface area (Å²) in [5, 5.41) is 6.38. The lowest BCUT2D eigenvalue weighted by atomic mass is 10.1. The molecule has 0 amide bonds. The van der Waals surface area contributed by atoms with Crippen molar-refractivity contribution in [2.75, 3.05) is 0 Å². The number of alkyl halides is 3. The minimum absolute atomic E-state index is 0.0453. The topological polar surface area (TPSA) is 47.2 Å². The summed E-state index contributed by atoms with van der Waals surface area (Å²) < 4.78 is 43.0. The molecule has 1 atom stereocenters. The van der Waals surface area contributed by atoms with Crippen LogP contribution in [0.3, 0.4) is 0 Å². The predicted molar refractivity (Wildman–Crippen MR) is 78.8 cm³/mol. The maximum absolute atomic E-state index is 13.3. The molecule has 0 radical (unpaired) electrons. The highest BCUT2D eigenvalue weighted by Gasteiger charge is 2.41. The second-order valence-corrected chi connectivity index (χ2v) is 5.49. The number of hydrogen-bond acceptors (Lipinski definition) is 3. The molecule has 0 bridgehead atoms. The van der Waals surface area contributed by atoms with Crippen LogP contribution < -0.4 is 5.32 Å². The highest BCUT2D eigenvalue weighted by molar-refractivity contribution is 5.41. The molecule has 1 N–H and O–H groups in total. The summed E-state index contributed by atoms with van der Waals surface area (Å²) in [5.41, 5.74) is 2.47. The Labute approximate surface area is 130 Å². The molecule has 0 aliphatic carbocycles. The van der Waals surface area contributed by atoms with Gasteiger partial charge in [0.15, 0.2) is 0 Å². The van der Waals surface area contributed by atoms with Crippen LogP contribution >= 0.6 is 0 Å². The van der Waals surface area contributed by atoms with Crippen LogP contribution in [-0.2, 0) is 13.6 Å². The third-order valence-corrected chi connectivity index (χ3v) is 3.60. The van der Waals surface area contributed by atoms with Gasteiger partial charge in [0, 0.05) is 31.5 Å². The molecule has 0 spiro atoms. The van der Waals surface area contributed by atoms with Crippen molar-refractivity contribution in [1.29, 1.82) is 0 Å². The van der Waals surface area contributed by atoms with E-state index in [9.17, 15) is 13.2 Å². The molecule has 3 aromatic heterocycles. The largest absolute Gasteiger partial charge is 0.408 e. The van der Waals surface area contributed by atoms with Gasteiger partial charge in [-0.3, -0.25) is 10.00 Å². The molecule has 8 heteroatoms. The minimum Gasteiger partial charge on any atom is -0.303 e. The molecule has 3 heterocycles. The van der Waals surface area contributed by atoms with Gasteiger partial charge in [0.1, 0.15) is 11.7 Å². The number of pyridine rings is 1. The first-order chi connectivity index (χ1) is 10.8. The van der Waals surface area contributed by atoms with E-state index in [-0.39, 0.29) is 12.1 Å². The number of nitrogens with zero attached hydrogens (tertiary/aromatic N) is 4. The molecule has 0 saturated carbocycles. The summed E-state index contributed by atoms with van der Waals surface area (Å²) in [6.45, 7) is 1.97. The van der Waals surface area contributed by atoms with E-state index in [4.69, 9.17) is 0 Å². The van der Waals surface area contributed by atoms with Gasteiger partial charge in [-0.2, -0.15) is 18.3 Å². The van der Waals surface area contributed by atoms with Gasteiger partial charge in [0.25, 0.3) is 0 Å². The second kappa shape index (κ2) is 5.69. The van der Waals surface area contributed by atoms with E-state index in [1.54, 1.807) is 17.6 Å². The fraction of sp³-hybridized carbons (Fsp3) is 0.333. The van der Waals surface area contributed by atoms with Crippen LogP contribution in [0.2, 0.25) is 0 Å². The zero-order valence-corrected chi connectivity index (χ0v) is 12.7. The molecule has 122 valence electrons. The van der Waals surface area contributed by atoms with Crippen LogP contribution in [0.4, 0.5) is 13.2 Å². The van der Waals surface area contributed by atoms with Crippen molar-refractivity contribution in [1.82, 2.24) is 24.5 Å². The Hall–Kier alpha value is -2.35. The van der Waals surface area contributed by atoms with Crippen molar-refractivity contribution >= 4 is 5.65 Å². The Kier molecular flexibility index (Phi) is 3.85. The molecule has 0 unspecified atom stereocenters. The first-order valence-electron chi connectivity index (χ1n) is 7.06. The van der Waals surface area contributed by atoms with Crippen molar-refractivity contribution < 1.29 is 13.2 Å². The van der Waals surface area contributed by atoms with Crippen LogP contribution in [0, 0.1) is 6.92 Å². The fourth-order valence-corrected chi connectivity index (χ4v) is 2.49. The molecule has 0 aliphatic heterocycles. The molecule has 0 fully saturated rings. The number of halogens is 3. The van der Waals surface area contributed by atoms with Crippen molar-refractivity contribution in [2.24, 2.45) is 7.05 Å². The van der Waals surface area contributed by atoms with Crippen molar-refractivity contribution in [2.45, 2.75) is 25.7 Å². The number of aromatic nitrogens is 4. The maximum Gasteiger partial charge on any atom is 0.408 e. The Morgan fingerprint density at radius 2 is 2.00 bits per heavy atom. The number of imidazole rings is 1. The summed E-state index contributed by atoms with van der Waals surface area (Å²) in [7, 11) is 1.59. The summed E-state index contributed by atoms with van der Waals surface area (Å²) in [5.74, 6) is 0. The van der Waals surface area contributed by atoms with Crippen molar-refractivity contribution in [3.05, 3.63) is 53.7 Å². The maximum atomic E-state index is 13.3. The van der Waals surface area contributed by atoms with Gasteiger partial charge < -0.3 is 4.40 Å². The van der Waals surface area contributed by atoms with Crippen LogP contribution in [0.15, 0.2) is 36.9 Å². The Morgan fingerprint density at radius 3 is 2.65 bits per heavy atom. The van der Waals surface area contributed by atoms with Gasteiger partial charge in [-0.15, -0.1) is 0 Å². The van der Waals surface area contributed by atoms with Gasteiger partial charge in [0.05, 0.1) is 18.1 Å². The number of hydrogen-bond donors (Lipinski definition) is 1. The van der Waals surface area contributed by atoms with Gasteiger partial charge in [-0.1, -0.05) is 6.07 Å². The molecule has 0 aliphatic rings. The summed E-state index contributed by atoms with van der Waals surface area (Å²) in [6, 6.07) is 1.97. The lowest BCUT2D eigenvalue weighted by Gasteiger charge is -2.20. The second-order valence-electron chi connectivity index (χ2n) is 5.49. The zero-order valence-electron chi connectivity index (χ0n) is 12.7. The fourth-order valence-electron chi connectivity index (χ4n) is 2.49. The first-order valence-corrected chi connectivity index (χ1v) is 7.06. The third-order valence-electron chi connectivity index (χ3n) is 3.60. The molecule has 3 aromatic rings. The minimum atomic E-state index is -4.40. The summed E-state index contributed by atoms with van der Waals surface area (Å²) in [6.07, 6.45) is 1.62. The quantitative estimate of drug-likeness (QED) is 0.803. The lowest BCUT2D eigenvalue weighted by Crippen LogP contribution is -2.33. The van der Waals surface area contributed by atoms with Gasteiger partial charge >= 0.3 is 6.18 Å². The molecule has 5 nitrogen and oxygen atoms in total. The summed E-state index contributed by atoms with van der Waals surface area (Å²) >= 11 is 0. The Morgan fingerprint density at radius 1 is 1.22 bits per heavy atom. The van der Waals surface area contributed by atoms with Crippen molar-refractivity contribution in [3.8, 4) is 0 Å². The zero-order chi connectivity index (χ0) is 16.6. The standard InChI is InChI=1S/C15H16F3N5/c1-10-3-4-13-19-6-12(23(13)8-10)7-20-14(15(16,17)18)11-5-21-22(2)9-11/h3-6,8-9,14,20H,7H2,1-2H3/t14-/m0/s1. The number of nitrogens with one attached hydrogen (secondary N) is 1. The van der Waals surface area contributed by atoms with E-state index in [0.717, 1.165) is 5.56 Å². The van der Waals surface area contributed by atoms with E-state index < -0.39 is 12.2 Å². The SMILES string of the molecule is Cc1ccc2ncc(CN[C@@H](c3cnn(C)c3)C(F)(F)F)n2c1. The van der Waals surface area contributed by atoms with E-state index in [1.165, 1.54) is 17.1 Å². The highest BCUT2D eigenvalue weighted by Crippen LogP contribution is 2.32. The Balaban J connectivity index is 1.85. The van der Waals surface area contributed by atoms with Crippen LogP contribution in [-0.4, -0.2) is 25.3 Å². The molecule has 0 saturated heterocycles. The average molecular weight is 323 g/mol. The summed E-state index contributed by atoms with van der Waals surface area (Å²) in [4.78, 5) is 4.20. The van der Waals surface area contributed by atoms with Crippen molar-refractivity contribution in [3.63, 3.8) is 0 Å². The highest BCUT2D eigenvalue weighted by atomic mass is 19.4. The van der Waals surface area contributed by atoms with Crippen LogP contribution in [0.25, 0.3) is 5.65 Å². The predicted octanol–water partition coefficient (Wildman–Crippen LogP) is 2.77. The smallest absolute Gasteiger partial charge is 0.303 e. The number of rotatable bonds is 4. The molecule has 0 aromatic carbocycles. The van der Waals surface area contributed by atoms with Gasteiger partial charge in [0.2, 0.25) is 0 Å². The normalized spacial score (nSPS) is 13.6. The molecular formula is C15H16F3N5. The number of aryl methyl sites for hydroxylation is 2. The monoisotopic (exact) mass is 323 g/mol. The van der Waals surface area contributed by atoms with Crippen LogP contribution in [0.1, 0.15) is 22.9 Å². The molecule has 23 heavy (non-hydrogen) atoms. The molecular weight excluding hydrogens is 307 g/mol. The van der Waals surface area contributed by atoms with Crippen LogP contribution in [0.5, 0.6) is 0 Å². The number of fused-ring (bicyclic) bond motifs is 1. The first kappa shape index (κ1) is 15.5. The molecule has 3 rings (SSSR count). The average Bonchev–Trinajstić information content (AvgIpc) is 3.04. The third kappa shape index (κ3) is 3.21. The van der Waals surface area contributed by atoms with E-state index in [1.807, 2.05) is 25.3 Å². The lowest BCUT2D eigenvalue weighted by molar-refractivity contribution is -0.158. The van der Waals surface area contributed by atoms with Gasteiger partial charge in [-0.05, 0) is 18.6 Å². The van der Waals surface area contributed by atoms with E-state index in [2.05, 4.69) is 15.4 Å².